The summed E-state index contributed by atoms with van der Waals surface area (Å²) in [7, 11) is 0. The van der Waals surface area contributed by atoms with E-state index < -0.39 is 11.5 Å². The quantitative estimate of drug-likeness (QED) is 0.556. The molecule has 26 heavy (non-hydrogen) atoms. The molecule has 0 radical (unpaired) electrons. The highest BCUT2D eigenvalue weighted by molar-refractivity contribution is 5.98. The summed E-state index contributed by atoms with van der Waals surface area (Å²) < 4.78 is 6.07. The highest BCUT2D eigenvalue weighted by Crippen LogP contribution is 2.20. The van der Waals surface area contributed by atoms with E-state index in [9.17, 15) is 14.4 Å². The van der Waals surface area contributed by atoms with Crippen LogP contribution in [-0.4, -0.2) is 32.9 Å². The van der Waals surface area contributed by atoms with Gasteiger partial charge < -0.3 is 10.1 Å². The maximum absolute atomic E-state index is 12.5. The minimum absolute atomic E-state index is 0.0882. The Morgan fingerprint density at radius 2 is 2.04 bits per heavy atom. The number of benzene rings is 1. The molecule has 1 aromatic carbocycles. The van der Waals surface area contributed by atoms with Gasteiger partial charge in [-0.15, -0.1) is 0 Å². The molecule has 0 aliphatic carbocycles. The van der Waals surface area contributed by atoms with Gasteiger partial charge in [-0.2, -0.15) is 0 Å². The monoisotopic (exact) mass is 354 g/mol. The Balaban J connectivity index is 2.12. The van der Waals surface area contributed by atoms with E-state index >= 15 is 0 Å². The van der Waals surface area contributed by atoms with Crippen molar-refractivity contribution in [2.24, 2.45) is 0 Å². The van der Waals surface area contributed by atoms with Crippen molar-refractivity contribution in [1.29, 1.82) is 0 Å². The van der Waals surface area contributed by atoms with E-state index in [4.69, 9.17) is 4.74 Å². The standard InChI is InChI=1S/C18H18N4O4/c1-3-5-15(23)21-11-6-7-14-12(8-11)16-19-9-13(18(25)26-4-2)17(24)22(16)10-20-14/h6-10H,3-5H2,1-2H3,(H,21,23). The van der Waals surface area contributed by atoms with E-state index in [1.165, 1.54) is 16.9 Å². The van der Waals surface area contributed by atoms with Gasteiger partial charge in [-0.3, -0.25) is 9.59 Å². The van der Waals surface area contributed by atoms with Gasteiger partial charge in [0, 0.05) is 23.7 Å². The Kier molecular flexibility index (Phi) is 4.92. The average Bonchev–Trinajstić information content (AvgIpc) is 2.62. The summed E-state index contributed by atoms with van der Waals surface area (Å²) in [6, 6.07) is 5.19. The Hall–Kier alpha value is -3.29. The molecular formula is C18H18N4O4. The molecule has 8 nitrogen and oxygen atoms in total. The fourth-order valence-corrected chi connectivity index (χ4v) is 2.60. The molecule has 3 rings (SSSR count). The van der Waals surface area contributed by atoms with Crippen LogP contribution >= 0.6 is 0 Å². The number of esters is 1. The van der Waals surface area contributed by atoms with Crippen molar-refractivity contribution in [2.75, 3.05) is 11.9 Å². The molecule has 0 fully saturated rings. The van der Waals surface area contributed by atoms with Crippen molar-refractivity contribution in [3.05, 3.63) is 46.6 Å². The number of anilines is 1. The lowest BCUT2D eigenvalue weighted by molar-refractivity contribution is -0.116. The molecular weight excluding hydrogens is 336 g/mol. The lowest BCUT2D eigenvalue weighted by Gasteiger charge is -2.09. The predicted octanol–water partition coefficient (Wildman–Crippen LogP) is 2.16. The second kappa shape index (κ2) is 7.30. The van der Waals surface area contributed by atoms with Crippen LogP contribution in [0.15, 0.2) is 35.5 Å². The molecule has 0 aliphatic rings. The van der Waals surface area contributed by atoms with Gasteiger partial charge in [0.15, 0.2) is 0 Å². The van der Waals surface area contributed by atoms with Crippen LogP contribution in [0.1, 0.15) is 37.0 Å². The molecule has 0 bridgehead atoms. The van der Waals surface area contributed by atoms with Crippen LogP contribution in [0.5, 0.6) is 0 Å². The van der Waals surface area contributed by atoms with Crippen LogP contribution in [0.4, 0.5) is 5.69 Å². The SMILES string of the molecule is CCCC(=O)Nc1ccc2ncn3c(=O)c(C(=O)OCC)cnc3c2c1. The number of hydrogen-bond acceptors (Lipinski definition) is 6. The van der Waals surface area contributed by atoms with Crippen LogP contribution in [0.2, 0.25) is 0 Å². The van der Waals surface area contributed by atoms with Gasteiger partial charge in [0.05, 0.1) is 12.1 Å². The summed E-state index contributed by atoms with van der Waals surface area (Å²) in [4.78, 5) is 44.7. The van der Waals surface area contributed by atoms with Crippen LogP contribution < -0.4 is 10.9 Å². The normalized spacial score (nSPS) is 10.8. The van der Waals surface area contributed by atoms with Crippen molar-refractivity contribution in [1.82, 2.24) is 14.4 Å². The highest BCUT2D eigenvalue weighted by atomic mass is 16.5. The molecule has 0 spiro atoms. The van der Waals surface area contributed by atoms with Gasteiger partial charge in [0.25, 0.3) is 5.56 Å². The predicted molar refractivity (Wildman–Crippen MR) is 96.3 cm³/mol. The number of nitrogens with zero attached hydrogens (tertiary/aromatic N) is 3. The van der Waals surface area contributed by atoms with Crippen LogP contribution in [0, 0.1) is 0 Å². The topological polar surface area (TPSA) is 103 Å². The zero-order chi connectivity index (χ0) is 18.7. The van der Waals surface area contributed by atoms with E-state index in [1.807, 2.05) is 6.92 Å². The number of carbonyl (C=O) groups is 2. The Morgan fingerprint density at radius 1 is 1.23 bits per heavy atom. The van der Waals surface area contributed by atoms with Gasteiger partial charge in [0.1, 0.15) is 17.5 Å². The van der Waals surface area contributed by atoms with Crippen molar-refractivity contribution < 1.29 is 14.3 Å². The minimum Gasteiger partial charge on any atom is -0.462 e. The van der Waals surface area contributed by atoms with Gasteiger partial charge >= 0.3 is 5.97 Å². The van der Waals surface area contributed by atoms with Crippen molar-refractivity contribution in [3.63, 3.8) is 0 Å². The third-order valence-electron chi connectivity index (χ3n) is 3.80. The maximum atomic E-state index is 12.5. The van der Waals surface area contributed by atoms with E-state index in [1.54, 1.807) is 25.1 Å². The van der Waals surface area contributed by atoms with Gasteiger partial charge in [-0.05, 0) is 31.5 Å². The summed E-state index contributed by atoms with van der Waals surface area (Å²) in [5.74, 6) is -0.810. The van der Waals surface area contributed by atoms with E-state index in [-0.39, 0.29) is 18.1 Å². The molecule has 134 valence electrons. The van der Waals surface area contributed by atoms with Gasteiger partial charge in [-0.1, -0.05) is 6.92 Å². The first-order valence-electron chi connectivity index (χ1n) is 8.32. The third-order valence-corrected chi connectivity index (χ3v) is 3.80. The number of hydrogen-bond donors (Lipinski definition) is 1. The molecule has 0 atom stereocenters. The molecule has 2 aromatic heterocycles. The van der Waals surface area contributed by atoms with Crippen molar-refractivity contribution >= 4 is 34.1 Å². The average molecular weight is 354 g/mol. The summed E-state index contributed by atoms with van der Waals surface area (Å²) >= 11 is 0. The molecule has 0 unspecified atom stereocenters. The second-order valence-electron chi connectivity index (χ2n) is 5.67. The van der Waals surface area contributed by atoms with E-state index in [0.29, 0.717) is 28.7 Å². The summed E-state index contributed by atoms with van der Waals surface area (Å²) in [5, 5.41) is 3.40. The lowest BCUT2D eigenvalue weighted by atomic mass is 10.2. The van der Waals surface area contributed by atoms with Crippen LogP contribution in [-0.2, 0) is 9.53 Å². The van der Waals surface area contributed by atoms with Crippen LogP contribution in [0.25, 0.3) is 16.6 Å². The maximum Gasteiger partial charge on any atom is 0.345 e. The first-order chi connectivity index (χ1) is 12.5. The first-order valence-corrected chi connectivity index (χ1v) is 8.32. The molecule has 2 heterocycles. The Labute approximate surface area is 148 Å². The molecule has 3 aromatic rings. The molecule has 8 heteroatoms. The fourth-order valence-electron chi connectivity index (χ4n) is 2.60. The number of ether oxygens (including phenoxy) is 1. The van der Waals surface area contributed by atoms with E-state index in [0.717, 1.165) is 6.42 Å². The molecule has 1 amide bonds. The number of aromatic nitrogens is 3. The largest absolute Gasteiger partial charge is 0.462 e. The first kappa shape index (κ1) is 17.5. The molecule has 1 N–H and O–H groups in total. The Bertz CT molecular complexity index is 1060. The molecule has 0 aliphatic heterocycles. The lowest BCUT2D eigenvalue weighted by Crippen LogP contribution is -2.24. The number of carbonyl (C=O) groups excluding carboxylic acids is 2. The third kappa shape index (κ3) is 3.26. The summed E-state index contributed by atoms with van der Waals surface area (Å²) in [6.07, 6.45) is 3.70. The number of rotatable bonds is 5. The summed E-state index contributed by atoms with van der Waals surface area (Å²) in [5.41, 5.74) is 0.852. The fraction of sp³-hybridized carbons (Fsp3) is 0.278. The highest BCUT2D eigenvalue weighted by Gasteiger charge is 2.16. The number of nitrogens with one attached hydrogen (secondary N) is 1. The minimum atomic E-state index is -0.722. The molecule has 0 saturated heterocycles. The van der Waals surface area contributed by atoms with Crippen molar-refractivity contribution in [2.45, 2.75) is 26.7 Å². The number of fused-ring (bicyclic) bond motifs is 3. The van der Waals surface area contributed by atoms with E-state index in [2.05, 4.69) is 15.3 Å². The zero-order valence-corrected chi connectivity index (χ0v) is 14.5. The van der Waals surface area contributed by atoms with Crippen LogP contribution in [0.3, 0.4) is 0 Å². The second-order valence-corrected chi connectivity index (χ2v) is 5.67. The van der Waals surface area contributed by atoms with Crippen molar-refractivity contribution in [3.8, 4) is 0 Å². The number of amides is 1. The molecule has 0 saturated carbocycles. The van der Waals surface area contributed by atoms with Gasteiger partial charge in [0.2, 0.25) is 5.91 Å². The zero-order valence-electron chi connectivity index (χ0n) is 14.5. The van der Waals surface area contributed by atoms with Gasteiger partial charge in [-0.25, -0.2) is 19.2 Å². The smallest absolute Gasteiger partial charge is 0.345 e. The summed E-state index contributed by atoms with van der Waals surface area (Å²) in [6.45, 7) is 3.75. The Morgan fingerprint density at radius 3 is 2.77 bits per heavy atom.